The lowest BCUT2D eigenvalue weighted by Gasteiger charge is -2.43. The van der Waals surface area contributed by atoms with E-state index in [1.807, 2.05) is 26.0 Å². The van der Waals surface area contributed by atoms with E-state index < -0.39 is 10.8 Å². The van der Waals surface area contributed by atoms with Crippen LogP contribution >= 0.6 is 11.3 Å². The molecule has 1 aliphatic heterocycles. The van der Waals surface area contributed by atoms with Gasteiger partial charge in [0, 0.05) is 34.3 Å². The molecule has 1 atom stereocenters. The highest BCUT2D eigenvalue weighted by molar-refractivity contribution is 7.15. The normalized spacial score (nSPS) is 20.1. The van der Waals surface area contributed by atoms with Crippen LogP contribution in [0.25, 0.3) is 0 Å². The molecule has 8 nitrogen and oxygen atoms in total. The number of nitrogens with zero attached hydrogens (tertiary/aromatic N) is 3. The molecule has 0 radical (unpaired) electrons. The highest BCUT2D eigenvalue weighted by Crippen LogP contribution is 2.51. The predicted octanol–water partition coefficient (Wildman–Crippen LogP) is 4.61. The molecule has 0 saturated heterocycles. The van der Waals surface area contributed by atoms with Crippen molar-refractivity contribution in [3.05, 3.63) is 74.1 Å². The summed E-state index contributed by atoms with van der Waals surface area (Å²) in [5.74, 6) is 0.109. The Bertz CT molecular complexity index is 1220. The number of nitriles is 1. The maximum atomic E-state index is 13.4. The minimum Gasteiger partial charge on any atom is -0.497 e. The summed E-state index contributed by atoms with van der Waals surface area (Å²) in [7, 11) is 1.58. The third-order valence-corrected chi connectivity index (χ3v) is 6.89. The molecule has 2 N–H and O–H groups in total. The second-order valence-electron chi connectivity index (χ2n) is 8.61. The number of carbonyl (C=O) groups is 1. The van der Waals surface area contributed by atoms with E-state index in [4.69, 9.17) is 10.5 Å². The quantitative estimate of drug-likeness (QED) is 0.533. The van der Waals surface area contributed by atoms with Crippen LogP contribution in [0.3, 0.4) is 0 Å². The molecule has 1 aromatic carbocycles. The van der Waals surface area contributed by atoms with E-state index >= 15 is 0 Å². The minimum absolute atomic E-state index is 0.0424. The summed E-state index contributed by atoms with van der Waals surface area (Å²) in [5.41, 5.74) is 8.40. The van der Waals surface area contributed by atoms with E-state index in [2.05, 4.69) is 6.07 Å². The lowest BCUT2D eigenvalue weighted by atomic mass is 9.69. The van der Waals surface area contributed by atoms with Crippen molar-refractivity contribution in [2.45, 2.75) is 32.6 Å². The van der Waals surface area contributed by atoms with Gasteiger partial charge in [-0.15, -0.1) is 0 Å². The van der Waals surface area contributed by atoms with Crippen molar-refractivity contribution < 1.29 is 14.5 Å². The van der Waals surface area contributed by atoms with E-state index in [9.17, 15) is 20.2 Å². The second-order valence-corrected chi connectivity index (χ2v) is 9.71. The summed E-state index contributed by atoms with van der Waals surface area (Å²) in [6.07, 6.45) is 0.897. The van der Waals surface area contributed by atoms with Crippen molar-refractivity contribution in [3.8, 4) is 11.8 Å². The highest BCUT2D eigenvalue weighted by Gasteiger charge is 2.45. The summed E-state index contributed by atoms with van der Waals surface area (Å²) < 4.78 is 5.25. The van der Waals surface area contributed by atoms with Gasteiger partial charge in [-0.1, -0.05) is 25.2 Å². The summed E-state index contributed by atoms with van der Waals surface area (Å²) >= 11 is 0.967. The van der Waals surface area contributed by atoms with Gasteiger partial charge < -0.3 is 10.5 Å². The Hall–Kier alpha value is -3.64. The largest absolute Gasteiger partial charge is 0.497 e. The number of hydrogen-bond donors (Lipinski definition) is 1. The zero-order valence-electron chi connectivity index (χ0n) is 17.9. The first kappa shape index (κ1) is 21.6. The van der Waals surface area contributed by atoms with Crippen molar-refractivity contribution >= 4 is 27.8 Å². The number of anilines is 1. The molecule has 0 unspecified atom stereocenters. The molecule has 2 aliphatic rings. The van der Waals surface area contributed by atoms with Crippen LogP contribution < -0.4 is 15.4 Å². The topological polar surface area (TPSA) is 122 Å². The van der Waals surface area contributed by atoms with Gasteiger partial charge in [0.2, 0.25) is 0 Å². The zero-order chi connectivity index (χ0) is 23.2. The Morgan fingerprint density at radius 1 is 1.25 bits per heavy atom. The molecule has 1 aliphatic carbocycles. The van der Waals surface area contributed by atoms with E-state index in [0.29, 0.717) is 34.7 Å². The number of methoxy groups -OCH3 is 1. The molecule has 0 amide bonds. The predicted molar refractivity (Wildman–Crippen MR) is 121 cm³/mol. The summed E-state index contributed by atoms with van der Waals surface area (Å²) in [6.45, 7) is 4.04. The lowest BCUT2D eigenvalue weighted by molar-refractivity contribution is -0.380. The third-order valence-electron chi connectivity index (χ3n) is 5.79. The smallest absolute Gasteiger partial charge is 0.324 e. The number of ketones is 1. The minimum atomic E-state index is -0.716. The zero-order valence-corrected chi connectivity index (χ0v) is 18.7. The maximum Gasteiger partial charge on any atom is 0.324 e. The summed E-state index contributed by atoms with van der Waals surface area (Å²) in [4.78, 5) is 26.5. The number of thiophene rings is 1. The van der Waals surface area contributed by atoms with Gasteiger partial charge in [0.1, 0.15) is 11.6 Å². The molecule has 164 valence electrons. The number of nitrogens with two attached hydrogens (primary N) is 1. The number of Topliss-reactive ketones (excluding diaryl/α,β-unsaturated/α-hetero) is 1. The van der Waals surface area contributed by atoms with Crippen LogP contribution in [0.2, 0.25) is 0 Å². The van der Waals surface area contributed by atoms with Crippen molar-refractivity contribution in [2.75, 3.05) is 12.0 Å². The Morgan fingerprint density at radius 3 is 2.50 bits per heavy atom. The van der Waals surface area contributed by atoms with Crippen molar-refractivity contribution in [1.82, 2.24) is 0 Å². The number of rotatable bonds is 4. The Labute approximate surface area is 189 Å². The van der Waals surface area contributed by atoms with E-state index in [1.165, 1.54) is 6.07 Å². The molecular weight excluding hydrogens is 428 g/mol. The average Bonchev–Trinajstić information content (AvgIpc) is 3.22. The van der Waals surface area contributed by atoms with Gasteiger partial charge >= 0.3 is 5.00 Å². The number of hydrogen-bond acceptors (Lipinski definition) is 8. The van der Waals surface area contributed by atoms with Gasteiger partial charge in [-0.3, -0.25) is 19.8 Å². The third kappa shape index (κ3) is 3.52. The average molecular weight is 451 g/mol. The maximum absolute atomic E-state index is 13.4. The first-order chi connectivity index (χ1) is 15.2. The van der Waals surface area contributed by atoms with Gasteiger partial charge in [-0.05, 0) is 42.2 Å². The van der Waals surface area contributed by atoms with Crippen molar-refractivity contribution in [3.63, 3.8) is 0 Å². The van der Waals surface area contributed by atoms with Crippen LogP contribution in [-0.2, 0) is 4.79 Å². The fourth-order valence-electron chi connectivity index (χ4n) is 4.42. The van der Waals surface area contributed by atoms with Crippen molar-refractivity contribution in [1.29, 1.82) is 5.26 Å². The molecular formula is C23H22N4O4S. The van der Waals surface area contributed by atoms with Crippen LogP contribution in [0.5, 0.6) is 5.75 Å². The monoisotopic (exact) mass is 450 g/mol. The fraction of sp³-hybridized carbons (Fsp3) is 0.304. The van der Waals surface area contributed by atoms with Crippen LogP contribution in [-0.4, -0.2) is 17.8 Å². The summed E-state index contributed by atoms with van der Waals surface area (Å²) in [5, 5.41) is 21.2. The first-order valence-corrected chi connectivity index (χ1v) is 10.8. The first-order valence-electron chi connectivity index (χ1n) is 10.0. The molecule has 2 aromatic rings. The molecule has 0 saturated carbocycles. The second kappa shape index (κ2) is 7.80. The Balaban J connectivity index is 1.95. The lowest BCUT2D eigenvalue weighted by Crippen LogP contribution is -2.42. The van der Waals surface area contributed by atoms with Crippen LogP contribution in [0, 0.1) is 26.9 Å². The fourth-order valence-corrected chi connectivity index (χ4v) is 5.36. The molecule has 0 bridgehead atoms. The van der Waals surface area contributed by atoms with Gasteiger partial charge in [-0.25, -0.2) is 0 Å². The molecule has 2 heterocycles. The standard InChI is InChI=1S/C23H22N4O4S/c1-23(2)10-16-21(17(28)11-23)20(18-8-9-19(32-18)27(29)30)15(12-24)22(25)26(16)13-4-6-14(31-3)7-5-13/h4-9,20H,10-11,25H2,1-3H3/t20-/m1/s1. The van der Waals surface area contributed by atoms with Gasteiger partial charge in [0.15, 0.2) is 5.78 Å². The van der Waals surface area contributed by atoms with Crippen LogP contribution in [0.4, 0.5) is 10.7 Å². The van der Waals surface area contributed by atoms with Gasteiger partial charge in [0.05, 0.1) is 29.6 Å². The van der Waals surface area contributed by atoms with Crippen LogP contribution in [0.1, 0.15) is 37.5 Å². The van der Waals surface area contributed by atoms with E-state index in [1.54, 1.807) is 30.2 Å². The van der Waals surface area contributed by atoms with Crippen LogP contribution in [0.15, 0.2) is 59.1 Å². The van der Waals surface area contributed by atoms with E-state index in [-0.39, 0.29) is 27.6 Å². The number of nitro groups is 1. The molecule has 32 heavy (non-hydrogen) atoms. The molecule has 1 aromatic heterocycles. The van der Waals surface area contributed by atoms with Gasteiger partial charge in [0.25, 0.3) is 0 Å². The van der Waals surface area contributed by atoms with Crippen molar-refractivity contribution in [2.24, 2.45) is 11.1 Å². The number of carbonyl (C=O) groups excluding carboxylic acids is 1. The van der Waals surface area contributed by atoms with E-state index in [0.717, 1.165) is 17.0 Å². The number of allylic oxidation sites excluding steroid dienone is 3. The SMILES string of the molecule is COc1ccc(N2C(N)=C(C#N)[C@H](c3ccc([N+](=O)[O-])s3)C3=C2CC(C)(C)CC3=O)cc1. The number of benzene rings is 1. The van der Waals surface area contributed by atoms with Gasteiger partial charge in [-0.2, -0.15) is 5.26 Å². The molecule has 4 rings (SSSR count). The molecule has 0 fully saturated rings. The number of ether oxygens (including phenoxy) is 1. The Morgan fingerprint density at radius 2 is 1.94 bits per heavy atom. The Kier molecular flexibility index (Phi) is 5.26. The molecule has 0 spiro atoms. The summed E-state index contributed by atoms with van der Waals surface area (Å²) in [6, 6.07) is 12.4. The molecule has 9 heteroatoms. The highest BCUT2D eigenvalue weighted by atomic mass is 32.1.